The lowest BCUT2D eigenvalue weighted by molar-refractivity contribution is -0.108. The van der Waals surface area contributed by atoms with E-state index in [0.717, 1.165) is 12.0 Å². The first kappa shape index (κ1) is 18.7. The largest absolute Gasteiger partial charge is 0.489 e. The van der Waals surface area contributed by atoms with Crippen molar-refractivity contribution in [2.45, 2.75) is 32.9 Å². The zero-order chi connectivity index (χ0) is 20.7. The molecule has 2 aromatic heterocycles. The number of hydrogen-bond acceptors (Lipinski definition) is 6. The van der Waals surface area contributed by atoms with Crippen LogP contribution in [0.25, 0.3) is 11.0 Å². The predicted octanol–water partition coefficient (Wildman–Crippen LogP) is 1.43. The molecule has 0 saturated heterocycles. The van der Waals surface area contributed by atoms with Crippen molar-refractivity contribution in [3.05, 3.63) is 35.2 Å². The zero-order valence-electron chi connectivity index (χ0n) is 16.0. The number of amides is 2. The van der Waals surface area contributed by atoms with Crippen molar-refractivity contribution >= 4 is 35.1 Å². The fourth-order valence-electron chi connectivity index (χ4n) is 3.57. The molecule has 1 unspecified atom stereocenters. The highest BCUT2D eigenvalue weighted by atomic mass is 16.5. The minimum atomic E-state index is -0.607. The highest BCUT2D eigenvalue weighted by Crippen LogP contribution is 2.37. The van der Waals surface area contributed by atoms with Crippen molar-refractivity contribution in [3.63, 3.8) is 0 Å². The lowest BCUT2D eigenvalue weighted by Crippen LogP contribution is -2.26. The van der Waals surface area contributed by atoms with Gasteiger partial charge >= 0.3 is 0 Å². The Morgan fingerprint density at radius 3 is 2.86 bits per heavy atom. The van der Waals surface area contributed by atoms with Gasteiger partial charge in [0, 0.05) is 18.5 Å². The molecule has 3 N–H and O–H groups in total. The topological polar surface area (TPSA) is 134 Å². The van der Waals surface area contributed by atoms with Crippen molar-refractivity contribution in [3.8, 4) is 5.75 Å². The number of imidazole rings is 1. The molecule has 0 spiro atoms. The van der Waals surface area contributed by atoms with Crippen LogP contribution >= 0.6 is 0 Å². The number of carbonyl (C=O) groups is 3. The van der Waals surface area contributed by atoms with Gasteiger partial charge in [-0.15, -0.1) is 0 Å². The van der Waals surface area contributed by atoms with E-state index in [0.29, 0.717) is 29.0 Å². The minimum Gasteiger partial charge on any atom is -0.489 e. The monoisotopic (exact) mass is 396 g/mol. The van der Waals surface area contributed by atoms with Gasteiger partial charge in [-0.1, -0.05) is 0 Å². The fraction of sp³-hybridized carbons (Fsp3) is 0.316. The number of hydrogen-bond donors (Lipinski definition) is 2. The second kappa shape index (κ2) is 7.04. The van der Waals surface area contributed by atoms with E-state index >= 15 is 0 Å². The summed E-state index contributed by atoms with van der Waals surface area (Å²) in [7, 11) is 0. The molecule has 0 fully saturated rings. The average molecular weight is 396 g/mol. The molecule has 0 saturated carbocycles. The van der Waals surface area contributed by atoms with Gasteiger partial charge in [0.05, 0.1) is 17.3 Å². The summed E-state index contributed by atoms with van der Waals surface area (Å²) in [6.07, 6.45) is 0.987. The number of carbonyl (C=O) groups excluding carboxylic acids is 3. The first-order valence-corrected chi connectivity index (χ1v) is 9.21. The second-order valence-electron chi connectivity index (χ2n) is 6.82. The smallest absolute Gasteiger partial charge is 0.276 e. The molecular formula is C19H20N6O4. The summed E-state index contributed by atoms with van der Waals surface area (Å²) in [5.74, 6) is -0.276. The minimum absolute atomic E-state index is 0.192. The Hall–Kier alpha value is -3.69. The average Bonchev–Trinajstić information content (AvgIpc) is 3.25. The van der Waals surface area contributed by atoms with Crippen molar-refractivity contribution in [2.24, 2.45) is 5.73 Å². The molecule has 1 aliphatic heterocycles. The van der Waals surface area contributed by atoms with Crippen molar-refractivity contribution < 1.29 is 19.1 Å². The van der Waals surface area contributed by atoms with Gasteiger partial charge in [0.25, 0.3) is 5.91 Å². The molecule has 1 aromatic carbocycles. The highest BCUT2D eigenvalue weighted by Gasteiger charge is 2.29. The van der Waals surface area contributed by atoms with E-state index in [9.17, 15) is 14.4 Å². The quantitative estimate of drug-likeness (QED) is 0.606. The molecule has 10 heteroatoms. The fourth-order valence-corrected chi connectivity index (χ4v) is 3.57. The maximum absolute atomic E-state index is 12.9. The summed E-state index contributed by atoms with van der Waals surface area (Å²) >= 11 is 0. The number of nitrogens with one attached hydrogen (secondary N) is 1. The van der Waals surface area contributed by atoms with Crippen LogP contribution in [0.5, 0.6) is 5.75 Å². The van der Waals surface area contributed by atoms with Gasteiger partial charge < -0.3 is 15.3 Å². The summed E-state index contributed by atoms with van der Waals surface area (Å²) in [4.78, 5) is 40.2. The number of aldehydes is 1. The molecule has 3 aromatic rings. The summed E-state index contributed by atoms with van der Waals surface area (Å²) in [5.41, 5.74) is 7.84. The van der Waals surface area contributed by atoms with E-state index in [2.05, 4.69) is 15.4 Å². The Bertz CT molecular complexity index is 1150. The Morgan fingerprint density at radius 1 is 1.38 bits per heavy atom. The SMILES string of the molecule is CCn1nc(C)cc1C(=O)Nc1nc2cc(C(N)=O)cc3c2n1C(CC=O)CO3. The van der Waals surface area contributed by atoms with Crippen LogP contribution in [-0.4, -0.2) is 44.0 Å². The van der Waals surface area contributed by atoms with Crippen LogP contribution in [0.2, 0.25) is 0 Å². The summed E-state index contributed by atoms with van der Waals surface area (Å²) < 4.78 is 9.11. The summed E-state index contributed by atoms with van der Waals surface area (Å²) in [6, 6.07) is 4.44. The van der Waals surface area contributed by atoms with Crippen molar-refractivity contribution in [1.82, 2.24) is 19.3 Å². The van der Waals surface area contributed by atoms with Gasteiger partial charge in [0.2, 0.25) is 11.9 Å². The van der Waals surface area contributed by atoms with Crippen LogP contribution in [0.4, 0.5) is 5.95 Å². The molecule has 0 radical (unpaired) electrons. The molecule has 1 atom stereocenters. The molecular weight excluding hydrogens is 376 g/mol. The number of nitrogens with zero attached hydrogens (tertiary/aromatic N) is 4. The van der Waals surface area contributed by atoms with Gasteiger partial charge in [-0.25, -0.2) is 4.98 Å². The van der Waals surface area contributed by atoms with Crippen LogP contribution in [0, 0.1) is 6.92 Å². The molecule has 4 rings (SSSR count). The van der Waals surface area contributed by atoms with Crippen LogP contribution in [0.15, 0.2) is 18.2 Å². The third kappa shape index (κ3) is 3.12. The van der Waals surface area contributed by atoms with Gasteiger partial charge in [-0.05, 0) is 32.0 Å². The lowest BCUT2D eigenvalue weighted by Gasteiger charge is -2.26. The van der Waals surface area contributed by atoms with Gasteiger partial charge in [0.15, 0.2) is 0 Å². The van der Waals surface area contributed by atoms with E-state index in [-0.39, 0.29) is 36.5 Å². The number of aromatic nitrogens is 4. The Balaban J connectivity index is 1.82. The molecule has 0 aliphatic carbocycles. The zero-order valence-corrected chi connectivity index (χ0v) is 16.0. The number of benzene rings is 1. The standard InChI is InChI=1S/C19H20N6O4/c1-3-24-14(6-10(2)23-24)18(28)22-19-21-13-7-11(17(20)27)8-15-16(13)25(19)12(4-5-26)9-29-15/h5-8,12H,3-4,9H2,1-2H3,(H2,20,27)(H,21,22,28). The maximum atomic E-state index is 12.9. The molecule has 1 aliphatic rings. The normalized spacial score (nSPS) is 15.2. The van der Waals surface area contributed by atoms with E-state index < -0.39 is 5.91 Å². The van der Waals surface area contributed by atoms with Gasteiger partial charge in [-0.2, -0.15) is 5.10 Å². The number of nitrogens with two attached hydrogens (primary N) is 1. The third-order valence-corrected chi connectivity index (χ3v) is 4.86. The second-order valence-corrected chi connectivity index (χ2v) is 6.82. The Morgan fingerprint density at radius 2 is 2.17 bits per heavy atom. The number of primary amides is 1. The number of ether oxygens (including phenoxy) is 1. The molecule has 0 bridgehead atoms. The van der Waals surface area contributed by atoms with E-state index in [1.54, 1.807) is 27.4 Å². The van der Waals surface area contributed by atoms with Gasteiger partial charge in [0.1, 0.15) is 29.9 Å². The Kier molecular flexibility index (Phi) is 4.53. The molecule has 10 nitrogen and oxygen atoms in total. The molecule has 3 heterocycles. The first-order chi connectivity index (χ1) is 13.9. The van der Waals surface area contributed by atoms with E-state index in [1.165, 1.54) is 0 Å². The number of anilines is 1. The van der Waals surface area contributed by atoms with Crippen LogP contribution in [0.3, 0.4) is 0 Å². The molecule has 2 amide bonds. The number of aryl methyl sites for hydroxylation is 2. The van der Waals surface area contributed by atoms with Crippen LogP contribution < -0.4 is 15.8 Å². The van der Waals surface area contributed by atoms with Crippen molar-refractivity contribution in [1.29, 1.82) is 0 Å². The lowest BCUT2D eigenvalue weighted by atomic mass is 10.1. The van der Waals surface area contributed by atoms with E-state index in [1.807, 2.05) is 13.8 Å². The molecule has 150 valence electrons. The van der Waals surface area contributed by atoms with Crippen molar-refractivity contribution in [2.75, 3.05) is 11.9 Å². The predicted molar refractivity (Wildman–Crippen MR) is 104 cm³/mol. The van der Waals surface area contributed by atoms with Gasteiger partial charge in [-0.3, -0.25) is 24.2 Å². The van der Waals surface area contributed by atoms with Crippen LogP contribution in [-0.2, 0) is 11.3 Å². The maximum Gasteiger partial charge on any atom is 0.276 e. The Labute approximate surface area is 165 Å². The summed E-state index contributed by atoms with van der Waals surface area (Å²) in [5, 5.41) is 7.11. The first-order valence-electron chi connectivity index (χ1n) is 9.21. The third-order valence-electron chi connectivity index (χ3n) is 4.86. The summed E-state index contributed by atoms with van der Waals surface area (Å²) in [6.45, 7) is 4.45. The van der Waals surface area contributed by atoms with Crippen LogP contribution in [0.1, 0.15) is 45.9 Å². The van der Waals surface area contributed by atoms with E-state index in [4.69, 9.17) is 10.5 Å². The highest BCUT2D eigenvalue weighted by molar-refractivity contribution is 6.04. The number of rotatable bonds is 6. The molecule has 29 heavy (non-hydrogen) atoms.